The normalized spacial score (nSPS) is 10.7. The van der Waals surface area contributed by atoms with E-state index in [1.807, 2.05) is 0 Å². The lowest BCUT2D eigenvalue weighted by Crippen LogP contribution is -2.22. The Hall–Kier alpha value is -1.88. The first kappa shape index (κ1) is 16.2. The van der Waals surface area contributed by atoms with Gasteiger partial charge in [0.05, 0.1) is 5.02 Å². The highest BCUT2D eigenvalue weighted by molar-refractivity contribution is 6.32. The molecule has 1 rings (SSSR count). The van der Waals surface area contributed by atoms with Gasteiger partial charge in [-0.05, 0) is 31.1 Å². The van der Waals surface area contributed by atoms with Crippen LogP contribution < -0.4 is 5.32 Å². The van der Waals surface area contributed by atoms with Gasteiger partial charge in [0.25, 0.3) is 0 Å². The lowest BCUT2D eigenvalue weighted by atomic mass is 10.2. The van der Waals surface area contributed by atoms with Crippen LogP contribution in [-0.2, 0) is 9.59 Å². The van der Waals surface area contributed by atoms with Crippen LogP contribution in [0.3, 0.4) is 0 Å². The maximum absolute atomic E-state index is 13.4. The number of carboxylic acid groups (broad SMARTS) is 1. The summed E-state index contributed by atoms with van der Waals surface area (Å²) in [5, 5.41) is 11.3. The molecule has 0 aliphatic carbocycles. The molecule has 6 heteroatoms. The van der Waals surface area contributed by atoms with E-state index in [1.165, 1.54) is 30.4 Å². The second-order valence-corrected chi connectivity index (χ2v) is 4.52. The molecule has 0 radical (unpaired) electrons. The van der Waals surface area contributed by atoms with Crippen LogP contribution >= 0.6 is 11.6 Å². The predicted molar refractivity (Wildman–Crippen MR) is 74.9 cm³/mol. The zero-order valence-electron chi connectivity index (χ0n) is 10.7. The van der Waals surface area contributed by atoms with Crippen molar-refractivity contribution in [3.63, 3.8) is 0 Å². The molecule has 0 saturated heterocycles. The van der Waals surface area contributed by atoms with Gasteiger partial charge in [-0.2, -0.15) is 0 Å². The summed E-state index contributed by atoms with van der Waals surface area (Å²) in [5.41, 5.74) is 0.162. The molecule has 0 spiro atoms. The largest absolute Gasteiger partial charge is 0.481 e. The standard InChI is InChI=1S/C14H15ClFNO3/c15-11-4-3-5-12(16)10(11)7-8-13(18)17-9-2-1-6-14(19)20/h3-5,7-8H,1-2,6,9H2,(H,17,18)(H,19,20). The summed E-state index contributed by atoms with van der Waals surface area (Å²) in [4.78, 5) is 21.7. The van der Waals surface area contributed by atoms with Crippen molar-refractivity contribution in [1.29, 1.82) is 0 Å². The van der Waals surface area contributed by atoms with Crippen LogP contribution in [0, 0.1) is 5.82 Å². The Morgan fingerprint density at radius 2 is 2.10 bits per heavy atom. The molecule has 0 atom stereocenters. The summed E-state index contributed by atoms with van der Waals surface area (Å²) in [6, 6.07) is 4.28. The number of rotatable bonds is 7. The Bertz CT molecular complexity index is 497. The van der Waals surface area contributed by atoms with E-state index in [1.54, 1.807) is 0 Å². The van der Waals surface area contributed by atoms with Crippen LogP contribution in [0.2, 0.25) is 5.02 Å². The number of nitrogens with one attached hydrogen (secondary N) is 1. The molecule has 0 unspecified atom stereocenters. The van der Waals surface area contributed by atoms with E-state index in [2.05, 4.69) is 5.32 Å². The van der Waals surface area contributed by atoms with Gasteiger partial charge < -0.3 is 10.4 Å². The number of hydrogen-bond acceptors (Lipinski definition) is 2. The van der Waals surface area contributed by atoms with E-state index in [4.69, 9.17) is 16.7 Å². The molecule has 0 fully saturated rings. The molecule has 0 aliphatic heterocycles. The Balaban J connectivity index is 2.38. The third kappa shape index (κ3) is 5.84. The van der Waals surface area contributed by atoms with Gasteiger partial charge >= 0.3 is 5.97 Å². The molecule has 108 valence electrons. The minimum Gasteiger partial charge on any atom is -0.481 e. The summed E-state index contributed by atoms with van der Waals surface area (Å²) in [6.45, 7) is 0.376. The SMILES string of the molecule is O=C(O)CCCCNC(=O)C=Cc1c(F)cccc1Cl. The number of carbonyl (C=O) groups is 2. The van der Waals surface area contributed by atoms with Gasteiger partial charge in [-0.25, -0.2) is 4.39 Å². The monoisotopic (exact) mass is 299 g/mol. The quantitative estimate of drug-likeness (QED) is 0.601. The second-order valence-electron chi connectivity index (χ2n) is 4.11. The average Bonchev–Trinajstić information content (AvgIpc) is 2.37. The number of halogens is 2. The predicted octanol–water partition coefficient (Wildman–Crippen LogP) is 2.86. The highest BCUT2D eigenvalue weighted by Gasteiger charge is 2.04. The number of benzene rings is 1. The summed E-state index contributed by atoms with van der Waals surface area (Å²) in [6.07, 6.45) is 3.66. The van der Waals surface area contributed by atoms with Crippen LogP contribution in [0.4, 0.5) is 4.39 Å². The van der Waals surface area contributed by atoms with Gasteiger partial charge in [0.2, 0.25) is 5.91 Å². The minimum atomic E-state index is -0.856. The van der Waals surface area contributed by atoms with Crippen LogP contribution in [0.1, 0.15) is 24.8 Å². The zero-order chi connectivity index (χ0) is 15.0. The van der Waals surface area contributed by atoms with Crippen molar-refractivity contribution in [3.05, 3.63) is 40.7 Å². The van der Waals surface area contributed by atoms with Gasteiger partial charge in [-0.3, -0.25) is 9.59 Å². The Kier molecular flexibility index (Phi) is 6.73. The first-order valence-corrected chi connectivity index (χ1v) is 6.50. The molecule has 0 saturated carbocycles. The smallest absolute Gasteiger partial charge is 0.303 e. The Morgan fingerprint density at radius 3 is 2.75 bits per heavy atom. The molecule has 1 aromatic rings. The number of carbonyl (C=O) groups excluding carboxylic acids is 1. The van der Waals surface area contributed by atoms with E-state index < -0.39 is 11.8 Å². The van der Waals surface area contributed by atoms with Crippen molar-refractivity contribution in [2.75, 3.05) is 6.54 Å². The van der Waals surface area contributed by atoms with Crippen LogP contribution in [0.15, 0.2) is 24.3 Å². The van der Waals surface area contributed by atoms with Crippen molar-refractivity contribution in [3.8, 4) is 0 Å². The van der Waals surface area contributed by atoms with Crippen LogP contribution in [0.5, 0.6) is 0 Å². The summed E-state index contributed by atoms with van der Waals surface area (Å²) in [5.74, 6) is -1.73. The molecule has 0 aromatic heterocycles. The topological polar surface area (TPSA) is 66.4 Å². The van der Waals surface area contributed by atoms with Gasteiger partial charge in [-0.1, -0.05) is 17.7 Å². The van der Waals surface area contributed by atoms with E-state index in [0.717, 1.165) is 0 Å². The van der Waals surface area contributed by atoms with Crippen molar-refractivity contribution >= 4 is 29.6 Å². The second kappa shape index (κ2) is 8.32. The van der Waals surface area contributed by atoms with Crippen LogP contribution in [0.25, 0.3) is 6.08 Å². The fraction of sp³-hybridized carbons (Fsp3) is 0.286. The first-order chi connectivity index (χ1) is 9.50. The van der Waals surface area contributed by atoms with E-state index in [0.29, 0.717) is 19.4 Å². The summed E-state index contributed by atoms with van der Waals surface area (Å²) >= 11 is 5.81. The fourth-order valence-electron chi connectivity index (χ4n) is 1.50. The maximum Gasteiger partial charge on any atom is 0.303 e. The number of aliphatic carboxylic acids is 1. The number of amides is 1. The summed E-state index contributed by atoms with van der Waals surface area (Å²) < 4.78 is 13.4. The zero-order valence-corrected chi connectivity index (χ0v) is 11.5. The lowest BCUT2D eigenvalue weighted by molar-refractivity contribution is -0.137. The third-order valence-corrected chi connectivity index (χ3v) is 2.85. The number of carboxylic acids is 1. The average molecular weight is 300 g/mol. The van der Waals surface area contributed by atoms with Crippen molar-refractivity contribution < 1.29 is 19.1 Å². The molecule has 0 bridgehead atoms. The van der Waals surface area contributed by atoms with E-state index in [-0.39, 0.29) is 22.9 Å². The molecule has 20 heavy (non-hydrogen) atoms. The van der Waals surface area contributed by atoms with Crippen molar-refractivity contribution in [2.45, 2.75) is 19.3 Å². The Labute approximate surface area is 121 Å². The van der Waals surface area contributed by atoms with E-state index >= 15 is 0 Å². The molecule has 1 amide bonds. The highest BCUT2D eigenvalue weighted by Crippen LogP contribution is 2.20. The maximum atomic E-state index is 13.4. The summed E-state index contributed by atoms with van der Waals surface area (Å²) in [7, 11) is 0. The van der Waals surface area contributed by atoms with Gasteiger partial charge in [-0.15, -0.1) is 0 Å². The molecule has 4 nitrogen and oxygen atoms in total. The number of hydrogen-bond donors (Lipinski definition) is 2. The molecule has 0 aliphatic rings. The van der Waals surface area contributed by atoms with Crippen molar-refractivity contribution in [2.24, 2.45) is 0 Å². The fourth-order valence-corrected chi connectivity index (χ4v) is 1.73. The molecule has 2 N–H and O–H groups in total. The lowest BCUT2D eigenvalue weighted by Gasteiger charge is -2.02. The minimum absolute atomic E-state index is 0.0799. The van der Waals surface area contributed by atoms with Crippen LogP contribution in [-0.4, -0.2) is 23.5 Å². The van der Waals surface area contributed by atoms with Gasteiger partial charge in [0.15, 0.2) is 0 Å². The highest BCUT2D eigenvalue weighted by atomic mass is 35.5. The van der Waals surface area contributed by atoms with E-state index in [9.17, 15) is 14.0 Å². The van der Waals surface area contributed by atoms with Gasteiger partial charge in [0, 0.05) is 24.6 Å². The molecular weight excluding hydrogens is 285 g/mol. The molecule has 1 aromatic carbocycles. The molecular formula is C14H15ClFNO3. The number of unbranched alkanes of at least 4 members (excludes halogenated alkanes) is 1. The first-order valence-electron chi connectivity index (χ1n) is 6.12. The Morgan fingerprint density at radius 1 is 1.35 bits per heavy atom. The van der Waals surface area contributed by atoms with Gasteiger partial charge in [0.1, 0.15) is 5.82 Å². The molecule has 0 heterocycles. The van der Waals surface area contributed by atoms with Crippen molar-refractivity contribution in [1.82, 2.24) is 5.32 Å². The third-order valence-electron chi connectivity index (χ3n) is 2.52.